The second-order valence-electron chi connectivity index (χ2n) is 4.16. The molecule has 0 spiro atoms. The fraction of sp³-hybridized carbons (Fsp3) is 0.333. The van der Waals surface area contributed by atoms with Crippen molar-refractivity contribution in [3.8, 4) is 0 Å². The van der Waals surface area contributed by atoms with E-state index in [0.717, 1.165) is 12.1 Å². The summed E-state index contributed by atoms with van der Waals surface area (Å²) >= 11 is 1.36. The van der Waals surface area contributed by atoms with Crippen LogP contribution in [0, 0.1) is 5.82 Å². The van der Waals surface area contributed by atoms with E-state index in [2.05, 4.69) is 10.6 Å². The van der Waals surface area contributed by atoms with Gasteiger partial charge < -0.3 is 11.1 Å². The highest BCUT2D eigenvalue weighted by Crippen LogP contribution is 2.36. The molecule has 1 aliphatic rings. The van der Waals surface area contributed by atoms with Crippen LogP contribution >= 0.6 is 11.8 Å². The quantitative estimate of drug-likeness (QED) is 0.750. The normalized spacial score (nSPS) is 19.4. The average molecular weight is 307 g/mol. The van der Waals surface area contributed by atoms with Crippen LogP contribution in [0.1, 0.15) is 11.1 Å². The molecule has 1 unspecified atom stereocenters. The second kappa shape index (κ2) is 5.63. The summed E-state index contributed by atoms with van der Waals surface area (Å²) < 4.78 is 51.6. The topological polar surface area (TPSA) is 50.1 Å². The lowest BCUT2D eigenvalue weighted by Gasteiger charge is -2.13. The van der Waals surface area contributed by atoms with Gasteiger partial charge in [0.2, 0.25) is 0 Å². The third-order valence-corrected chi connectivity index (χ3v) is 4.02. The molecule has 20 heavy (non-hydrogen) atoms. The third-order valence-electron chi connectivity index (χ3n) is 2.78. The van der Waals surface area contributed by atoms with E-state index < -0.39 is 17.6 Å². The summed E-state index contributed by atoms with van der Waals surface area (Å²) in [5.74, 6) is -0.932. The molecule has 1 heterocycles. The number of halogens is 4. The Hall–Kier alpha value is -1.25. The van der Waals surface area contributed by atoms with E-state index in [4.69, 9.17) is 5.73 Å². The zero-order chi connectivity index (χ0) is 14.9. The summed E-state index contributed by atoms with van der Waals surface area (Å²) in [4.78, 5) is 0.683. The van der Waals surface area contributed by atoms with Gasteiger partial charge in [0, 0.05) is 17.0 Å². The Morgan fingerprint density at radius 3 is 2.60 bits per heavy atom. The minimum atomic E-state index is -4.59. The van der Waals surface area contributed by atoms with E-state index in [1.165, 1.54) is 11.8 Å². The van der Waals surface area contributed by atoms with Crippen molar-refractivity contribution in [3.63, 3.8) is 0 Å². The lowest BCUT2D eigenvalue weighted by molar-refractivity contribution is -0.137. The van der Waals surface area contributed by atoms with Gasteiger partial charge in [0.1, 0.15) is 11.3 Å². The Morgan fingerprint density at radius 2 is 2.05 bits per heavy atom. The van der Waals surface area contributed by atoms with Crippen LogP contribution in [0.15, 0.2) is 23.1 Å². The highest BCUT2D eigenvalue weighted by molar-refractivity contribution is 8.04. The number of hydrogen-bond acceptors (Lipinski definition) is 4. The van der Waals surface area contributed by atoms with E-state index in [1.807, 2.05) is 0 Å². The maximum atomic E-state index is 13.4. The van der Waals surface area contributed by atoms with Gasteiger partial charge in [-0.05, 0) is 25.2 Å². The fourth-order valence-corrected chi connectivity index (χ4v) is 2.84. The molecule has 0 fully saturated rings. The lowest BCUT2D eigenvalue weighted by atomic mass is 10.1. The molecule has 8 heteroatoms. The van der Waals surface area contributed by atoms with Crippen LogP contribution in [0.5, 0.6) is 0 Å². The average Bonchev–Trinajstić information content (AvgIpc) is 2.80. The van der Waals surface area contributed by atoms with Gasteiger partial charge in [0.15, 0.2) is 0 Å². The minimum Gasteiger partial charge on any atom is -0.360 e. The summed E-state index contributed by atoms with van der Waals surface area (Å²) in [5.41, 5.74) is 4.94. The number of rotatable bonds is 3. The van der Waals surface area contributed by atoms with Crippen LogP contribution in [-0.2, 0) is 6.18 Å². The van der Waals surface area contributed by atoms with Gasteiger partial charge in [0.05, 0.1) is 11.3 Å². The highest BCUT2D eigenvalue weighted by Gasteiger charge is 2.32. The van der Waals surface area contributed by atoms with Gasteiger partial charge >= 0.3 is 6.18 Å². The van der Waals surface area contributed by atoms with Crippen LogP contribution in [0.4, 0.5) is 17.6 Å². The number of alkyl halides is 3. The Kier molecular flexibility index (Phi) is 4.26. The molecular weight excluding hydrogens is 294 g/mol. The van der Waals surface area contributed by atoms with Crippen molar-refractivity contribution in [2.24, 2.45) is 5.73 Å². The van der Waals surface area contributed by atoms with E-state index in [1.54, 1.807) is 7.05 Å². The van der Waals surface area contributed by atoms with E-state index in [-0.39, 0.29) is 17.6 Å². The van der Waals surface area contributed by atoms with Gasteiger partial charge in [-0.2, -0.15) is 13.2 Å². The molecule has 1 aliphatic heterocycles. The van der Waals surface area contributed by atoms with E-state index in [0.29, 0.717) is 16.7 Å². The summed E-state index contributed by atoms with van der Waals surface area (Å²) in [6.07, 6.45) is -4.59. The van der Waals surface area contributed by atoms with E-state index in [9.17, 15) is 17.6 Å². The van der Waals surface area contributed by atoms with Crippen molar-refractivity contribution in [1.29, 1.82) is 0 Å². The largest absolute Gasteiger partial charge is 0.416 e. The number of nitrogens with two attached hydrogens (primary N) is 1. The molecule has 1 atom stereocenters. The van der Waals surface area contributed by atoms with Gasteiger partial charge in [-0.3, -0.25) is 5.32 Å². The van der Waals surface area contributed by atoms with Crippen molar-refractivity contribution in [2.75, 3.05) is 13.6 Å². The maximum absolute atomic E-state index is 13.4. The van der Waals surface area contributed by atoms with E-state index >= 15 is 0 Å². The first kappa shape index (κ1) is 15.1. The third kappa shape index (κ3) is 3.08. The number of nitrogens with one attached hydrogen (secondary N) is 2. The van der Waals surface area contributed by atoms with Crippen molar-refractivity contribution >= 4 is 17.5 Å². The Bertz CT molecular complexity index is 542. The number of hydrogen-bond donors (Lipinski definition) is 3. The van der Waals surface area contributed by atoms with Crippen molar-refractivity contribution in [3.05, 3.63) is 40.0 Å². The molecule has 0 saturated heterocycles. The minimum absolute atomic E-state index is 0.142. The number of benzene rings is 1. The SMILES string of the molecule is CNC1NC(c2cc(F)cc(C(F)(F)F)c2)=C(CN)S1. The zero-order valence-corrected chi connectivity index (χ0v) is 11.3. The Morgan fingerprint density at radius 1 is 1.35 bits per heavy atom. The monoisotopic (exact) mass is 307 g/mol. The van der Waals surface area contributed by atoms with Gasteiger partial charge in [-0.1, -0.05) is 11.8 Å². The maximum Gasteiger partial charge on any atom is 0.416 e. The molecule has 0 saturated carbocycles. The van der Waals surface area contributed by atoms with Crippen molar-refractivity contribution < 1.29 is 17.6 Å². The summed E-state index contributed by atoms with van der Waals surface area (Å²) in [6.45, 7) is 0.170. The van der Waals surface area contributed by atoms with Crippen LogP contribution in [0.2, 0.25) is 0 Å². The van der Waals surface area contributed by atoms with Crippen LogP contribution in [0.3, 0.4) is 0 Å². The smallest absolute Gasteiger partial charge is 0.360 e. The second-order valence-corrected chi connectivity index (χ2v) is 5.36. The van der Waals surface area contributed by atoms with Gasteiger partial charge in [-0.25, -0.2) is 4.39 Å². The summed E-state index contributed by atoms with van der Waals surface area (Å²) in [6, 6.07) is 2.45. The summed E-state index contributed by atoms with van der Waals surface area (Å²) in [5, 5.41) is 5.91. The molecule has 1 aromatic rings. The molecule has 110 valence electrons. The number of thioether (sulfide) groups is 1. The Labute approximate surface area is 117 Å². The van der Waals surface area contributed by atoms with Crippen LogP contribution in [0.25, 0.3) is 5.70 Å². The molecule has 3 nitrogen and oxygen atoms in total. The zero-order valence-electron chi connectivity index (χ0n) is 10.5. The molecule has 0 bridgehead atoms. The molecule has 0 radical (unpaired) electrons. The standard InChI is InChI=1S/C12H13F4N3S/c1-18-11-19-10(9(5-17)20-11)6-2-7(12(14,15)16)4-8(13)3-6/h2-4,11,18-19H,5,17H2,1H3. The molecule has 2 rings (SSSR count). The predicted octanol–water partition coefficient (Wildman–Crippen LogP) is 2.31. The first-order chi connectivity index (χ1) is 9.35. The van der Waals surface area contributed by atoms with Crippen LogP contribution < -0.4 is 16.4 Å². The molecule has 0 amide bonds. The predicted molar refractivity (Wildman–Crippen MR) is 71.0 cm³/mol. The molecule has 1 aromatic carbocycles. The van der Waals surface area contributed by atoms with Crippen molar-refractivity contribution in [2.45, 2.75) is 11.7 Å². The molecular formula is C12H13F4N3S. The first-order valence-electron chi connectivity index (χ1n) is 5.77. The molecule has 0 aromatic heterocycles. The summed E-state index contributed by atoms with van der Waals surface area (Å²) in [7, 11) is 1.70. The Balaban J connectivity index is 2.45. The molecule has 4 N–H and O–H groups in total. The molecule has 0 aliphatic carbocycles. The fourth-order valence-electron chi connectivity index (χ4n) is 1.87. The first-order valence-corrected chi connectivity index (χ1v) is 6.65. The van der Waals surface area contributed by atoms with Gasteiger partial charge in [-0.15, -0.1) is 0 Å². The van der Waals surface area contributed by atoms with Gasteiger partial charge in [0.25, 0.3) is 0 Å². The van der Waals surface area contributed by atoms with Crippen LogP contribution in [-0.4, -0.2) is 19.1 Å². The van der Waals surface area contributed by atoms with Crippen molar-refractivity contribution in [1.82, 2.24) is 10.6 Å². The highest BCUT2D eigenvalue weighted by atomic mass is 32.2. The lowest BCUT2D eigenvalue weighted by Crippen LogP contribution is -2.32.